The maximum Gasteiger partial charge on any atom is 0.241 e. The van der Waals surface area contributed by atoms with Gasteiger partial charge in [0.05, 0.1) is 12.2 Å². The molecule has 1 N–H and O–H groups in total. The minimum Gasteiger partial charge on any atom is -0.323 e. The Labute approximate surface area is 117 Å². The van der Waals surface area contributed by atoms with Crippen LogP contribution in [0.25, 0.3) is 0 Å². The van der Waals surface area contributed by atoms with E-state index in [9.17, 15) is 4.79 Å². The molecular formula is C16H28N2O. The summed E-state index contributed by atoms with van der Waals surface area (Å²) in [6.45, 7) is 4.46. The molecule has 2 saturated carbocycles. The van der Waals surface area contributed by atoms with E-state index in [4.69, 9.17) is 0 Å². The van der Waals surface area contributed by atoms with E-state index >= 15 is 0 Å². The third kappa shape index (κ3) is 2.42. The lowest BCUT2D eigenvalue weighted by molar-refractivity contribution is -0.133. The molecule has 3 nitrogen and oxygen atoms in total. The molecule has 19 heavy (non-hydrogen) atoms. The van der Waals surface area contributed by atoms with Crippen LogP contribution in [-0.4, -0.2) is 29.1 Å². The van der Waals surface area contributed by atoms with Gasteiger partial charge in [-0.3, -0.25) is 10.1 Å². The number of rotatable bonds is 3. The van der Waals surface area contributed by atoms with E-state index in [0.29, 0.717) is 24.0 Å². The van der Waals surface area contributed by atoms with Gasteiger partial charge < -0.3 is 4.90 Å². The smallest absolute Gasteiger partial charge is 0.241 e. The van der Waals surface area contributed by atoms with Gasteiger partial charge in [0, 0.05) is 6.04 Å². The fourth-order valence-corrected chi connectivity index (χ4v) is 4.44. The summed E-state index contributed by atoms with van der Waals surface area (Å²) < 4.78 is 0. The Hall–Kier alpha value is -0.570. The van der Waals surface area contributed by atoms with Crippen molar-refractivity contribution in [3.8, 4) is 0 Å². The third-order valence-electron chi connectivity index (χ3n) is 5.54. The molecule has 2 aliphatic carbocycles. The summed E-state index contributed by atoms with van der Waals surface area (Å²) >= 11 is 0. The summed E-state index contributed by atoms with van der Waals surface area (Å²) in [6, 6.07) is 0.596. The Balaban J connectivity index is 1.77. The quantitative estimate of drug-likeness (QED) is 0.850. The van der Waals surface area contributed by atoms with Crippen LogP contribution in [0.4, 0.5) is 0 Å². The molecule has 3 rings (SSSR count). The zero-order valence-corrected chi connectivity index (χ0v) is 12.4. The number of hydrogen-bond acceptors (Lipinski definition) is 2. The maximum absolute atomic E-state index is 12.7. The molecule has 1 amide bonds. The van der Waals surface area contributed by atoms with Gasteiger partial charge in [-0.2, -0.15) is 0 Å². The fourth-order valence-electron chi connectivity index (χ4n) is 4.44. The van der Waals surface area contributed by atoms with E-state index in [1.54, 1.807) is 0 Å². The molecule has 4 unspecified atom stereocenters. The Kier molecular flexibility index (Phi) is 3.84. The number of carbonyl (C=O) groups excluding carboxylic acids is 1. The Bertz CT molecular complexity index is 338. The summed E-state index contributed by atoms with van der Waals surface area (Å²) in [7, 11) is 0. The molecule has 3 aliphatic rings. The van der Waals surface area contributed by atoms with Crippen LogP contribution in [0.2, 0.25) is 0 Å². The second kappa shape index (κ2) is 5.43. The molecule has 4 atom stereocenters. The highest BCUT2D eigenvalue weighted by atomic mass is 16.2. The van der Waals surface area contributed by atoms with Gasteiger partial charge in [0.25, 0.3) is 0 Å². The van der Waals surface area contributed by atoms with Crippen LogP contribution in [0.3, 0.4) is 0 Å². The van der Waals surface area contributed by atoms with Crippen molar-refractivity contribution in [2.45, 2.75) is 83.5 Å². The second-order valence-corrected chi connectivity index (χ2v) is 6.93. The van der Waals surface area contributed by atoms with Crippen LogP contribution in [0.1, 0.15) is 65.2 Å². The van der Waals surface area contributed by atoms with Crippen molar-refractivity contribution in [3.05, 3.63) is 0 Å². The Morgan fingerprint density at radius 2 is 1.95 bits per heavy atom. The van der Waals surface area contributed by atoms with E-state index in [1.165, 1.54) is 44.9 Å². The highest BCUT2D eigenvalue weighted by molar-refractivity contribution is 5.84. The average Bonchev–Trinajstić information content (AvgIpc) is 3.08. The first kappa shape index (κ1) is 13.4. The Morgan fingerprint density at radius 3 is 2.53 bits per heavy atom. The molecule has 3 heteroatoms. The molecule has 1 saturated heterocycles. The van der Waals surface area contributed by atoms with Crippen LogP contribution in [-0.2, 0) is 4.79 Å². The topological polar surface area (TPSA) is 32.3 Å². The van der Waals surface area contributed by atoms with Crippen LogP contribution in [0.5, 0.6) is 0 Å². The molecule has 108 valence electrons. The molecule has 1 aliphatic heterocycles. The highest BCUT2D eigenvalue weighted by Gasteiger charge is 2.46. The van der Waals surface area contributed by atoms with Crippen molar-refractivity contribution < 1.29 is 4.79 Å². The van der Waals surface area contributed by atoms with Crippen LogP contribution < -0.4 is 5.32 Å². The molecule has 0 aromatic carbocycles. The summed E-state index contributed by atoms with van der Waals surface area (Å²) in [5, 5.41) is 3.65. The SMILES string of the molecule is CCC1NC(C2CCCC2)N(C2CCC(C)C2)C1=O. The fraction of sp³-hybridized carbons (Fsp3) is 0.938. The summed E-state index contributed by atoms with van der Waals surface area (Å²) in [5.74, 6) is 1.89. The minimum absolute atomic E-state index is 0.0847. The predicted molar refractivity (Wildman–Crippen MR) is 76.6 cm³/mol. The first-order valence-corrected chi connectivity index (χ1v) is 8.29. The zero-order valence-electron chi connectivity index (χ0n) is 12.4. The number of nitrogens with zero attached hydrogens (tertiary/aromatic N) is 1. The molecule has 1 heterocycles. The van der Waals surface area contributed by atoms with Gasteiger partial charge in [-0.1, -0.05) is 26.7 Å². The number of amides is 1. The van der Waals surface area contributed by atoms with E-state index in [-0.39, 0.29) is 6.04 Å². The summed E-state index contributed by atoms with van der Waals surface area (Å²) in [5.41, 5.74) is 0. The molecule has 0 aromatic heterocycles. The highest BCUT2D eigenvalue weighted by Crippen LogP contribution is 2.37. The molecule has 0 bridgehead atoms. The van der Waals surface area contributed by atoms with Crippen LogP contribution in [0.15, 0.2) is 0 Å². The predicted octanol–water partition coefficient (Wildman–Crippen LogP) is 2.90. The lowest BCUT2D eigenvalue weighted by atomic mass is 10.0. The molecular weight excluding hydrogens is 236 g/mol. The van der Waals surface area contributed by atoms with Crippen molar-refractivity contribution in [3.63, 3.8) is 0 Å². The van der Waals surface area contributed by atoms with Gasteiger partial charge in [-0.05, 0) is 50.4 Å². The number of carbonyl (C=O) groups is 1. The average molecular weight is 264 g/mol. The normalized spacial score (nSPS) is 40.5. The first-order chi connectivity index (χ1) is 9.20. The van der Waals surface area contributed by atoms with Gasteiger partial charge in [-0.15, -0.1) is 0 Å². The van der Waals surface area contributed by atoms with Crippen LogP contribution in [0, 0.1) is 11.8 Å². The van der Waals surface area contributed by atoms with Crippen molar-refractivity contribution in [1.82, 2.24) is 10.2 Å². The third-order valence-corrected chi connectivity index (χ3v) is 5.54. The molecule has 3 fully saturated rings. The lowest BCUT2D eigenvalue weighted by Gasteiger charge is -2.34. The summed E-state index contributed by atoms with van der Waals surface area (Å²) in [4.78, 5) is 14.9. The zero-order chi connectivity index (χ0) is 13.4. The summed E-state index contributed by atoms with van der Waals surface area (Å²) in [6.07, 6.45) is 10.3. The molecule has 0 aromatic rings. The minimum atomic E-state index is 0.0847. The molecule has 0 spiro atoms. The van der Waals surface area contributed by atoms with Gasteiger partial charge in [0.15, 0.2) is 0 Å². The van der Waals surface area contributed by atoms with Crippen molar-refractivity contribution in [2.75, 3.05) is 0 Å². The van der Waals surface area contributed by atoms with E-state index < -0.39 is 0 Å². The van der Waals surface area contributed by atoms with Crippen molar-refractivity contribution in [2.24, 2.45) is 11.8 Å². The van der Waals surface area contributed by atoms with Crippen molar-refractivity contribution >= 4 is 5.91 Å². The monoisotopic (exact) mass is 264 g/mol. The largest absolute Gasteiger partial charge is 0.323 e. The van der Waals surface area contributed by atoms with Crippen molar-refractivity contribution in [1.29, 1.82) is 0 Å². The Morgan fingerprint density at radius 1 is 1.21 bits per heavy atom. The second-order valence-electron chi connectivity index (χ2n) is 6.93. The standard InChI is InChI=1S/C16H28N2O/c1-3-14-16(19)18(13-9-8-11(2)10-13)15(17-14)12-6-4-5-7-12/h11-15,17H,3-10H2,1-2H3. The van der Waals surface area contributed by atoms with Gasteiger partial charge in [-0.25, -0.2) is 0 Å². The van der Waals surface area contributed by atoms with Gasteiger partial charge >= 0.3 is 0 Å². The van der Waals surface area contributed by atoms with E-state index in [1.807, 2.05) is 0 Å². The van der Waals surface area contributed by atoms with E-state index in [0.717, 1.165) is 12.3 Å². The number of hydrogen-bond donors (Lipinski definition) is 1. The molecule has 0 radical (unpaired) electrons. The maximum atomic E-state index is 12.7. The first-order valence-electron chi connectivity index (χ1n) is 8.29. The van der Waals surface area contributed by atoms with E-state index in [2.05, 4.69) is 24.1 Å². The van der Waals surface area contributed by atoms with Gasteiger partial charge in [0.2, 0.25) is 5.91 Å². The lowest BCUT2D eigenvalue weighted by Crippen LogP contribution is -2.47. The van der Waals surface area contributed by atoms with Crippen LogP contribution >= 0.6 is 0 Å². The number of nitrogens with one attached hydrogen (secondary N) is 1. The van der Waals surface area contributed by atoms with Gasteiger partial charge in [0.1, 0.15) is 0 Å².